The van der Waals surface area contributed by atoms with Gasteiger partial charge in [-0.15, -0.1) is 0 Å². The lowest BCUT2D eigenvalue weighted by molar-refractivity contribution is 0.0697. The minimum Gasteiger partial charge on any atom is -0.478 e. The first kappa shape index (κ1) is 15.3. The highest BCUT2D eigenvalue weighted by Crippen LogP contribution is 2.24. The highest BCUT2D eigenvalue weighted by atomic mass is 19.1. The molecule has 4 heteroatoms. The SMILES string of the molecule is O=C(O)c1ccc(N2CCC(=Cc3ccc(F)cc3)CC2)cc1. The zero-order valence-corrected chi connectivity index (χ0v) is 12.7. The fourth-order valence-corrected chi connectivity index (χ4v) is 2.81. The summed E-state index contributed by atoms with van der Waals surface area (Å²) in [7, 11) is 0. The van der Waals surface area contributed by atoms with Gasteiger partial charge in [0, 0.05) is 18.8 Å². The number of halogens is 1. The van der Waals surface area contributed by atoms with Crippen LogP contribution in [0.25, 0.3) is 6.08 Å². The Morgan fingerprint density at radius 1 is 1.00 bits per heavy atom. The van der Waals surface area contributed by atoms with Crippen molar-refractivity contribution >= 4 is 17.7 Å². The molecule has 1 aliphatic rings. The number of nitrogens with zero attached hydrogens (tertiary/aromatic N) is 1. The molecule has 3 rings (SSSR count). The number of carboxylic acid groups (broad SMARTS) is 1. The summed E-state index contributed by atoms with van der Waals surface area (Å²) in [6, 6.07) is 13.5. The second-order valence-corrected chi connectivity index (χ2v) is 5.69. The number of hydrogen-bond donors (Lipinski definition) is 1. The summed E-state index contributed by atoms with van der Waals surface area (Å²) in [4.78, 5) is 13.1. The third-order valence-electron chi connectivity index (χ3n) is 4.13. The van der Waals surface area contributed by atoms with Crippen LogP contribution in [0.4, 0.5) is 10.1 Å². The van der Waals surface area contributed by atoms with Crippen LogP contribution < -0.4 is 4.90 Å². The van der Waals surface area contributed by atoms with Crippen molar-refractivity contribution in [2.75, 3.05) is 18.0 Å². The molecule has 0 unspecified atom stereocenters. The molecule has 1 aliphatic heterocycles. The standard InChI is InChI=1S/C19H18FNO2/c20-17-5-1-14(2-6-17)13-15-9-11-21(12-10-15)18-7-3-16(4-8-18)19(22)23/h1-8,13H,9-12H2,(H,22,23). The predicted octanol–water partition coefficient (Wildman–Crippen LogP) is 4.21. The number of carboxylic acids is 1. The summed E-state index contributed by atoms with van der Waals surface area (Å²) in [5.74, 6) is -1.12. The van der Waals surface area contributed by atoms with Gasteiger partial charge in [-0.2, -0.15) is 0 Å². The molecule has 0 aliphatic carbocycles. The van der Waals surface area contributed by atoms with Crippen LogP contribution in [-0.4, -0.2) is 24.2 Å². The minimum absolute atomic E-state index is 0.216. The normalized spacial score (nSPS) is 14.7. The quantitative estimate of drug-likeness (QED) is 0.923. The van der Waals surface area contributed by atoms with Crippen LogP contribution in [0.1, 0.15) is 28.8 Å². The molecule has 1 heterocycles. The number of aromatic carboxylic acids is 1. The first-order chi connectivity index (χ1) is 11.1. The van der Waals surface area contributed by atoms with Gasteiger partial charge in [-0.25, -0.2) is 9.18 Å². The molecule has 1 fully saturated rings. The average Bonchev–Trinajstić information content (AvgIpc) is 2.58. The molecule has 0 spiro atoms. The molecular weight excluding hydrogens is 293 g/mol. The topological polar surface area (TPSA) is 40.5 Å². The maximum atomic E-state index is 12.9. The molecule has 1 N–H and O–H groups in total. The molecule has 0 bridgehead atoms. The summed E-state index contributed by atoms with van der Waals surface area (Å²) in [6.07, 6.45) is 4.04. The zero-order valence-electron chi connectivity index (χ0n) is 12.7. The van der Waals surface area contributed by atoms with Crippen molar-refractivity contribution in [3.05, 3.63) is 71.0 Å². The zero-order chi connectivity index (χ0) is 16.2. The Kier molecular flexibility index (Phi) is 4.42. The molecule has 23 heavy (non-hydrogen) atoms. The molecule has 0 radical (unpaired) electrons. The Balaban J connectivity index is 1.63. The average molecular weight is 311 g/mol. The monoisotopic (exact) mass is 311 g/mol. The van der Waals surface area contributed by atoms with Crippen molar-refractivity contribution in [3.63, 3.8) is 0 Å². The lowest BCUT2D eigenvalue weighted by Crippen LogP contribution is -2.30. The summed E-state index contributed by atoms with van der Waals surface area (Å²) in [5.41, 5.74) is 3.74. The molecule has 2 aromatic rings. The largest absolute Gasteiger partial charge is 0.478 e. The van der Waals surface area contributed by atoms with Gasteiger partial charge < -0.3 is 10.0 Å². The van der Waals surface area contributed by atoms with Crippen molar-refractivity contribution in [2.45, 2.75) is 12.8 Å². The lowest BCUT2D eigenvalue weighted by Gasteiger charge is -2.30. The number of anilines is 1. The molecule has 2 aromatic carbocycles. The van der Waals surface area contributed by atoms with Gasteiger partial charge in [0.1, 0.15) is 5.82 Å². The van der Waals surface area contributed by atoms with Gasteiger partial charge in [-0.1, -0.05) is 23.8 Å². The Bertz CT molecular complexity index is 710. The number of hydrogen-bond acceptors (Lipinski definition) is 2. The van der Waals surface area contributed by atoms with Gasteiger partial charge in [0.15, 0.2) is 0 Å². The van der Waals surface area contributed by atoms with Crippen LogP contribution in [0.3, 0.4) is 0 Å². The second-order valence-electron chi connectivity index (χ2n) is 5.69. The Morgan fingerprint density at radius 3 is 2.17 bits per heavy atom. The van der Waals surface area contributed by atoms with E-state index in [0.29, 0.717) is 5.56 Å². The summed E-state index contributed by atoms with van der Waals surface area (Å²) < 4.78 is 12.9. The highest BCUT2D eigenvalue weighted by Gasteiger charge is 2.14. The number of benzene rings is 2. The Labute approximate surface area is 134 Å². The van der Waals surface area contributed by atoms with E-state index in [1.54, 1.807) is 24.3 Å². The van der Waals surface area contributed by atoms with Gasteiger partial charge in [0.2, 0.25) is 0 Å². The summed E-state index contributed by atoms with van der Waals surface area (Å²) >= 11 is 0. The third kappa shape index (κ3) is 3.77. The van der Waals surface area contributed by atoms with Crippen LogP contribution in [-0.2, 0) is 0 Å². The van der Waals surface area contributed by atoms with E-state index >= 15 is 0 Å². The van der Waals surface area contributed by atoms with E-state index in [4.69, 9.17) is 5.11 Å². The summed E-state index contributed by atoms with van der Waals surface area (Å²) in [6.45, 7) is 1.80. The predicted molar refractivity (Wildman–Crippen MR) is 89.2 cm³/mol. The molecule has 118 valence electrons. The maximum Gasteiger partial charge on any atom is 0.335 e. The molecule has 0 atom stereocenters. The second kappa shape index (κ2) is 6.65. The Morgan fingerprint density at radius 2 is 1.61 bits per heavy atom. The van der Waals surface area contributed by atoms with Gasteiger partial charge in [-0.3, -0.25) is 0 Å². The fourth-order valence-electron chi connectivity index (χ4n) is 2.81. The van der Waals surface area contributed by atoms with E-state index in [9.17, 15) is 9.18 Å². The van der Waals surface area contributed by atoms with Crippen LogP contribution in [0, 0.1) is 5.82 Å². The molecule has 1 saturated heterocycles. The van der Waals surface area contributed by atoms with Gasteiger partial charge in [-0.05, 0) is 54.8 Å². The van der Waals surface area contributed by atoms with Crippen molar-refractivity contribution in [2.24, 2.45) is 0 Å². The number of piperidine rings is 1. The van der Waals surface area contributed by atoms with Gasteiger partial charge in [0.05, 0.1) is 5.56 Å². The van der Waals surface area contributed by atoms with E-state index in [1.807, 2.05) is 12.1 Å². The van der Waals surface area contributed by atoms with E-state index < -0.39 is 5.97 Å². The minimum atomic E-state index is -0.903. The molecule has 0 saturated carbocycles. The number of rotatable bonds is 3. The van der Waals surface area contributed by atoms with E-state index in [-0.39, 0.29) is 5.82 Å². The maximum absolute atomic E-state index is 12.9. The Hall–Kier alpha value is -2.62. The van der Waals surface area contributed by atoms with Crippen LogP contribution in [0.5, 0.6) is 0 Å². The lowest BCUT2D eigenvalue weighted by atomic mass is 10.0. The van der Waals surface area contributed by atoms with Crippen molar-refractivity contribution in [1.29, 1.82) is 0 Å². The molecule has 0 amide bonds. The van der Waals surface area contributed by atoms with Crippen LogP contribution in [0.2, 0.25) is 0 Å². The van der Waals surface area contributed by atoms with Crippen LogP contribution in [0.15, 0.2) is 54.1 Å². The smallest absolute Gasteiger partial charge is 0.335 e. The van der Waals surface area contributed by atoms with E-state index in [1.165, 1.54) is 17.7 Å². The number of carbonyl (C=O) groups is 1. The van der Waals surface area contributed by atoms with E-state index in [2.05, 4.69) is 11.0 Å². The van der Waals surface area contributed by atoms with Gasteiger partial charge in [0.25, 0.3) is 0 Å². The molecule has 3 nitrogen and oxygen atoms in total. The summed E-state index contributed by atoms with van der Waals surface area (Å²) in [5, 5.41) is 8.93. The third-order valence-corrected chi connectivity index (χ3v) is 4.13. The van der Waals surface area contributed by atoms with Crippen molar-refractivity contribution < 1.29 is 14.3 Å². The van der Waals surface area contributed by atoms with Crippen molar-refractivity contribution in [1.82, 2.24) is 0 Å². The van der Waals surface area contributed by atoms with Crippen LogP contribution >= 0.6 is 0 Å². The van der Waals surface area contributed by atoms with E-state index in [0.717, 1.165) is 37.2 Å². The first-order valence-corrected chi connectivity index (χ1v) is 7.65. The molecule has 0 aromatic heterocycles. The van der Waals surface area contributed by atoms with Gasteiger partial charge >= 0.3 is 5.97 Å². The molecular formula is C19H18FNO2. The van der Waals surface area contributed by atoms with Crippen molar-refractivity contribution in [3.8, 4) is 0 Å². The fraction of sp³-hybridized carbons (Fsp3) is 0.211. The highest BCUT2D eigenvalue weighted by molar-refractivity contribution is 5.88. The first-order valence-electron chi connectivity index (χ1n) is 7.65.